The van der Waals surface area contributed by atoms with Gasteiger partial charge in [0.25, 0.3) is 0 Å². The van der Waals surface area contributed by atoms with E-state index >= 15 is 0 Å². The summed E-state index contributed by atoms with van der Waals surface area (Å²) in [7, 11) is 0. The molecular formula is C27H21FN2O. The van der Waals surface area contributed by atoms with Crippen molar-refractivity contribution in [1.82, 2.24) is 4.98 Å². The van der Waals surface area contributed by atoms with Crippen LogP contribution in [0.5, 0.6) is 0 Å². The Labute approximate surface area is 180 Å². The lowest BCUT2D eigenvalue weighted by Gasteiger charge is -2.29. The molecule has 1 aliphatic heterocycles. The number of rotatable bonds is 5. The second-order valence-corrected chi connectivity index (χ2v) is 7.88. The largest absolute Gasteiger partial charge is 0.280 e. The van der Waals surface area contributed by atoms with Gasteiger partial charge in [0.1, 0.15) is 5.82 Å². The zero-order valence-corrected chi connectivity index (χ0v) is 16.9. The lowest BCUT2D eigenvalue weighted by Crippen LogP contribution is -2.42. The topological polar surface area (TPSA) is 33.2 Å². The Bertz CT molecular complexity index is 1230. The van der Waals surface area contributed by atoms with Crippen molar-refractivity contribution in [3.8, 4) is 0 Å². The molecule has 4 aromatic rings. The molecule has 0 fully saturated rings. The van der Waals surface area contributed by atoms with Crippen molar-refractivity contribution in [2.45, 2.75) is 18.3 Å². The summed E-state index contributed by atoms with van der Waals surface area (Å²) in [6, 6.07) is 28.0. The second kappa shape index (κ2) is 7.80. The summed E-state index contributed by atoms with van der Waals surface area (Å²) < 4.78 is 14.7. The predicted octanol–water partition coefficient (Wildman–Crippen LogP) is 5.62. The lowest BCUT2D eigenvalue weighted by atomic mass is 9.72. The van der Waals surface area contributed by atoms with E-state index in [-0.39, 0.29) is 18.1 Å². The number of hydrogen-bond donors (Lipinski definition) is 0. The van der Waals surface area contributed by atoms with Crippen LogP contribution < -0.4 is 4.90 Å². The molecule has 4 heteroatoms. The van der Waals surface area contributed by atoms with Crippen LogP contribution in [0.2, 0.25) is 0 Å². The van der Waals surface area contributed by atoms with E-state index < -0.39 is 5.41 Å². The van der Waals surface area contributed by atoms with Gasteiger partial charge in [-0.05, 0) is 65.9 Å². The van der Waals surface area contributed by atoms with Crippen LogP contribution >= 0.6 is 0 Å². The molecule has 31 heavy (non-hydrogen) atoms. The van der Waals surface area contributed by atoms with E-state index in [4.69, 9.17) is 0 Å². The van der Waals surface area contributed by atoms with Gasteiger partial charge in [-0.1, -0.05) is 54.6 Å². The number of fused-ring (bicyclic) bond motifs is 1. The summed E-state index contributed by atoms with van der Waals surface area (Å²) in [5.74, 6) is -0.333. The summed E-state index contributed by atoms with van der Waals surface area (Å²) in [6.07, 6.45) is 4.20. The van der Waals surface area contributed by atoms with Crippen molar-refractivity contribution < 1.29 is 9.18 Å². The molecule has 0 bridgehead atoms. The molecule has 0 saturated heterocycles. The number of hydrogen-bond acceptors (Lipinski definition) is 2. The van der Waals surface area contributed by atoms with E-state index in [1.54, 1.807) is 29.4 Å². The first kappa shape index (κ1) is 19.2. The normalized spacial score (nSPS) is 17.6. The van der Waals surface area contributed by atoms with Crippen LogP contribution in [0, 0.1) is 5.82 Å². The maximum atomic E-state index is 14.7. The van der Waals surface area contributed by atoms with Gasteiger partial charge < -0.3 is 0 Å². The lowest BCUT2D eigenvalue weighted by molar-refractivity contribution is -0.122. The number of nitrogens with zero attached hydrogens (tertiary/aromatic N) is 2. The highest BCUT2D eigenvalue weighted by molar-refractivity contribution is 6.13. The standard InChI is InChI=1S/C27H21FN2O/c28-24-12-6-4-8-21(24)19-27(18-20-14-16-29-17-15-20)23-11-5-7-13-25(23)30(26(27)31)22-9-2-1-3-10-22/h1-17H,18-19H2. The molecule has 1 atom stereocenters. The number of pyridine rings is 1. The molecule has 0 radical (unpaired) electrons. The fraction of sp³-hybridized carbons (Fsp3) is 0.111. The highest BCUT2D eigenvalue weighted by atomic mass is 19.1. The summed E-state index contributed by atoms with van der Waals surface area (Å²) in [6.45, 7) is 0. The Balaban J connectivity index is 1.71. The maximum Gasteiger partial charge on any atom is 0.242 e. The van der Waals surface area contributed by atoms with E-state index in [0.717, 1.165) is 22.5 Å². The highest BCUT2D eigenvalue weighted by Crippen LogP contribution is 2.49. The zero-order chi connectivity index (χ0) is 21.3. The maximum absolute atomic E-state index is 14.7. The van der Waals surface area contributed by atoms with Gasteiger partial charge in [-0.25, -0.2) is 4.39 Å². The third-order valence-corrected chi connectivity index (χ3v) is 5.99. The summed E-state index contributed by atoms with van der Waals surface area (Å²) in [4.78, 5) is 20.1. The van der Waals surface area contributed by atoms with Gasteiger partial charge in [0.15, 0.2) is 0 Å². The average Bonchev–Trinajstić information content (AvgIpc) is 3.04. The first-order valence-corrected chi connectivity index (χ1v) is 10.3. The summed E-state index contributed by atoms with van der Waals surface area (Å²) in [5.41, 5.74) is 3.19. The van der Waals surface area contributed by atoms with Gasteiger partial charge in [-0.3, -0.25) is 14.7 Å². The van der Waals surface area contributed by atoms with Crippen LogP contribution in [0.25, 0.3) is 0 Å². The minimum Gasteiger partial charge on any atom is -0.280 e. The van der Waals surface area contributed by atoms with E-state index in [1.807, 2.05) is 72.8 Å². The van der Waals surface area contributed by atoms with Gasteiger partial charge in [-0.15, -0.1) is 0 Å². The first-order valence-electron chi connectivity index (χ1n) is 10.3. The summed E-state index contributed by atoms with van der Waals surface area (Å²) >= 11 is 0. The van der Waals surface area contributed by atoms with E-state index in [9.17, 15) is 9.18 Å². The van der Waals surface area contributed by atoms with Gasteiger partial charge in [0.2, 0.25) is 5.91 Å². The number of carbonyl (C=O) groups is 1. The quantitative estimate of drug-likeness (QED) is 0.429. The van der Waals surface area contributed by atoms with Crippen LogP contribution in [-0.4, -0.2) is 10.9 Å². The van der Waals surface area contributed by atoms with Gasteiger partial charge >= 0.3 is 0 Å². The van der Waals surface area contributed by atoms with E-state index in [2.05, 4.69) is 4.98 Å². The van der Waals surface area contributed by atoms with Crippen LogP contribution in [0.3, 0.4) is 0 Å². The predicted molar refractivity (Wildman–Crippen MR) is 120 cm³/mol. The highest BCUT2D eigenvalue weighted by Gasteiger charge is 2.51. The number of amides is 1. The van der Waals surface area contributed by atoms with Crippen LogP contribution in [-0.2, 0) is 23.1 Å². The third-order valence-electron chi connectivity index (χ3n) is 5.99. The Morgan fingerprint density at radius 2 is 1.45 bits per heavy atom. The van der Waals surface area contributed by atoms with Crippen LogP contribution in [0.15, 0.2) is 103 Å². The van der Waals surface area contributed by atoms with Crippen LogP contribution in [0.1, 0.15) is 16.7 Å². The molecule has 0 aliphatic carbocycles. The molecule has 0 N–H and O–H groups in total. The molecule has 2 heterocycles. The molecule has 152 valence electrons. The number of halogens is 1. The fourth-order valence-electron chi connectivity index (χ4n) is 4.57. The minimum absolute atomic E-state index is 0.0417. The number of carbonyl (C=O) groups excluding carboxylic acids is 1. The number of aromatic nitrogens is 1. The molecule has 3 nitrogen and oxygen atoms in total. The molecule has 1 aliphatic rings. The molecule has 1 unspecified atom stereocenters. The van der Waals surface area contributed by atoms with E-state index in [1.165, 1.54) is 6.07 Å². The minimum atomic E-state index is -0.921. The number of para-hydroxylation sites is 2. The average molecular weight is 408 g/mol. The monoisotopic (exact) mass is 408 g/mol. The Morgan fingerprint density at radius 1 is 0.774 bits per heavy atom. The first-order chi connectivity index (χ1) is 15.2. The fourth-order valence-corrected chi connectivity index (χ4v) is 4.57. The molecule has 0 spiro atoms. The van der Waals surface area contributed by atoms with Gasteiger partial charge in [-0.2, -0.15) is 0 Å². The zero-order valence-electron chi connectivity index (χ0n) is 16.9. The second-order valence-electron chi connectivity index (χ2n) is 7.88. The van der Waals surface area contributed by atoms with Crippen molar-refractivity contribution in [2.75, 3.05) is 4.90 Å². The van der Waals surface area contributed by atoms with Crippen LogP contribution in [0.4, 0.5) is 15.8 Å². The molecular weight excluding hydrogens is 387 g/mol. The van der Waals surface area contributed by atoms with Gasteiger partial charge in [0, 0.05) is 18.1 Å². The smallest absolute Gasteiger partial charge is 0.242 e. The van der Waals surface area contributed by atoms with Crippen molar-refractivity contribution in [1.29, 1.82) is 0 Å². The SMILES string of the molecule is O=C1N(c2ccccc2)c2ccccc2C1(Cc1ccncc1)Cc1ccccc1F. The van der Waals surface area contributed by atoms with Crippen molar-refractivity contribution >= 4 is 17.3 Å². The number of benzene rings is 3. The van der Waals surface area contributed by atoms with Crippen molar-refractivity contribution in [2.24, 2.45) is 0 Å². The number of anilines is 2. The molecule has 0 saturated carbocycles. The van der Waals surface area contributed by atoms with E-state index in [0.29, 0.717) is 12.0 Å². The van der Waals surface area contributed by atoms with Gasteiger partial charge in [0.05, 0.1) is 11.1 Å². The molecule has 1 aromatic heterocycles. The Kier molecular flexibility index (Phi) is 4.83. The van der Waals surface area contributed by atoms with Crippen molar-refractivity contribution in [3.63, 3.8) is 0 Å². The Hall–Kier alpha value is -3.79. The summed E-state index contributed by atoms with van der Waals surface area (Å²) in [5, 5.41) is 0. The Morgan fingerprint density at radius 3 is 2.23 bits per heavy atom. The van der Waals surface area contributed by atoms with Crippen molar-refractivity contribution in [3.05, 3.63) is 126 Å². The molecule has 3 aromatic carbocycles. The third kappa shape index (κ3) is 3.30. The molecule has 5 rings (SSSR count). The molecule has 1 amide bonds.